The minimum Gasteiger partial charge on any atom is -0.475 e. The molecule has 3 nitrogen and oxygen atoms in total. The van der Waals surface area contributed by atoms with Gasteiger partial charge in [-0.05, 0) is 24.6 Å². The maximum atomic E-state index is 5.48. The highest BCUT2D eigenvalue weighted by Crippen LogP contribution is 2.13. The lowest BCUT2D eigenvalue weighted by molar-refractivity contribution is 0.324. The van der Waals surface area contributed by atoms with E-state index >= 15 is 0 Å². The molecule has 2 N–H and O–H groups in total. The van der Waals surface area contributed by atoms with Gasteiger partial charge in [0.05, 0.1) is 6.04 Å². The zero-order valence-corrected chi connectivity index (χ0v) is 9.39. The largest absolute Gasteiger partial charge is 0.475 e. The summed E-state index contributed by atoms with van der Waals surface area (Å²) in [5.41, 5.74) is 7.57. The van der Waals surface area contributed by atoms with Crippen LogP contribution in [0.15, 0.2) is 35.3 Å². The molecule has 0 spiro atoms. The molecule has 84 valence electrons. The molecule has 1 unspecified atom stereocenters. The maximum Gasteiger partial charge on any atom is 0.216 e. The van der Waals surface area contributed by atoms with Gasteiger partial charge in [-0.15, -0.1) is 0 Å². The van der Waals surface area contributed by atoms with E-state index in [1.807, 2.05) is 43.3 Å². The smallest absolute Gasteiger partial charge is 0.216 e. The number of benzene rings is 1. The number of aliphatic imine (C=N–C) groups is 1. The second kappa shape index (κ2) is 4.94. The molecule has 1 atom stereocenters. The molecule has 0 saturated carbocycles. The molecule has 0 fully saturated rings. The van der Waals surface area contributed by atoms with E-state index in [0.717, 1.165) is 17.0 Å². The fourth-order valence-corrected chi connectivity index (χ4v) is 1.57. The molecule has 16 heavy (non-hydrogen) atoms. The summed E-state index contributed by atoms with van der Waals surface area (Å²) < 4.78 is 5.48. The minimum absolute atomic E-state index is 0.270. The fourth-order valence-electron chi connectivity index (χ4n) is 1.57. The van der Waals surface area contributed by atoms with Crippen LogP contribution >= 0.6 is 0 Å². The third-order valence-electron chi connectivity index (χ3n) is 2.40. The summed E-state index contributed by atoms with van der Waals surface area (Å²) in [7, 11) is 0. The van der Waals surface area contributed by atoms with Gasteiger partial charge in [0.1, 0.15) is 6.61 Å². The molecule has 0 aromatic heterocycles. The molecule has 1 heterocycles. The number of ether oxygens (including phenoxy) is 1. The van der Waals surface area contributed by atoms with Crippen LogP contribution in [0.2, 0.25) is 0 Å². The van der Waals surface area contributed by atoms with E-state index in [1.54, 1.807) is 0 Å². The first kappa shape index (κ1) is 10.9. The van der Waals surface area contributed by atoms with Gasteiger partial charge in [0, 0.05) is 12.1 Å². The van der Waals surface area contributed by atoms with Gasteiger partial charge in [-0.25, -0.2) is 4.99 Å². The topological polar surface area (TPSA) is 47.6 Å². The van der Waals surface area contributed by atoms with Crippen molar-refractivity contribution in [3.8, 4) is 0 Å². The highest BCUT2D eigenvalue weighted by molar-refractivity contribution is 5.95. The highest BCUT2D eigenvalue weighted by Gasteiger charge is 2.15. The van der Waals surface area contributed by atoms with Crippen LogP contribution in [0.5, 0.6) is 0 Å². The zero-order valence-electron chi connectivity index (χ0n) is 9.39. The van der Waals surface area contributed by atoms with Crippen molar-refractivity contribution in [2.45, 2.75) is 13.0 Å². The lowest BCUT2D eigenvalue weighted by Crippen LogP contribution is -2.01. The molecular weight excluding hydrogens is 200 g/mol. The van der Waals surface area contributed by atoms with Crippen molar-refractivity contribution in [1.82, 2.24) is 0 Å². The molecule has 3 heteroatoms. The average molecular weight is 216 g/mol. The van der Waals surface area contributed by atoms with Crippen LogP contribution in [-0.4, -0.2) is 25.1 Å². The monoisotopic (exact) mass is 216 g/mol. The van der Waals surface area contributed by atoms with Crippen molar-refractivity contribution in [2.24, 2.45) is 10.7 Å². The van der Waals surface area contributed by atoms with E-state index in [4.69, 9.17) is 10.5 Å². The Hall–Kier alpha value is -1.61. The molecule has 1 aromatic rings. The molecule has 0 saturated heterocycles. The predicted octanol–water partition coefficient (Wildman–Crippen LogP) is 1.82. The van der Waals surface area contributed by atoms with Crippen LogP contribution in [0.4, 0.5) is 0 Å². The summed E-state index contributed by atoms with van der Waals surface area (Å²) in [4.78, 5) is 4.41. The molecule has 0 bridgehead atoms. The van der Waals surface area contributed by atoms with Crippen molar-refractivity contribution in [3.63, 3.8) is 0 Å². The van der Waals surface area contributed by atoms with Crippen molar-refractivity contribution >= 4 is 12.0 Å². The van der Waals surface area contributed by atoms with Gasteiger partial charge in [0.15, 0.2) is 0 Å². The first-order chi connectivity index (χ1) is 7.79. The third-order valence-corrected chi connectivity index (χ3v) is 2.40. The molecule has 0 radical (unpaired) electrons. The number of nitrogens with two attached hydrogens (primary N) is 1. The van der Waals surface area contributed by atoms with E-state index in [2.05, 4.69) is 4.99 Å². The number of hydrogen-bond acceptors (Lipinski definition) is 3. The Morgan fingerprint density at radius 2 is 2.19 bits per heavy atom. The quantitative estimate of drug-likeness (QED) is 0.837. The highest BCUT2D eigenvalue weighted by atomic mass is 16.5. The first-order valence-electron chi connectivity index (χ1n) is 5.47. The third kappa shape index (κ3) is 2.49. The van der Waals surface area contributed by atoms with Crippen molar-refractivity contribution in [3.05, 3.63) is 41.5 Å². The van der Waals surface area contributed by atoms with Gasteiger partial charge < -0.3 is 10.5 Å². The van der Waals surface area contributed by atoms with Crippen LogP contribution in [-0.2, 0) is 4.74 Å². The van der Waals surface area contributed by atoms with Crippen LogP contribution in [0.3, 0.4) is 0 Å². The van der Waals surface area contributed by atoms with Gasteiger partial charge in [-0.2, -0.15) is 0 Å². The Balaban J connectivity index is 2.13. The zero-order chi connectivity index (χ0) is 11.4. The van der Waals surface area contributed by atoms with Gasteiger partial charge in [0.2, 0.25) is 5.90 Å². The van der Waals surface area contributed by atoms with E-state index in [1.165, 1.54) is 0 Å². The summed E-state index contributed by atoms with van der Waals surface area (Å²) >= 11 is 0. The lowest BCUT2D eigenvalue weighted by Gasteiger charge is -2.01. The van der Waals surface area contributed by atoms with E-state index in [0.29, 0.717) is 13.2 Å². The van der Waals surface area contributed by atoms with E-state index in [9.17, 15) is 0 Å². The van der Waals surface area contributed by atoms with Crippen LogP contribution in [0.1, 0.15) is 18.1 Å². The van der Waals surface area contributed by atoms with Crippen molar-refractivity contribution in [1.29, 1.82) is 0 Å². The summed E-state index contributed by atoms with van der Waals surface area (Å²) in [6.45, 7) is 3.30. The molecule has 2 rings (SSSR count). The minimum atomic E-state index is 0.270. The van der Waals surface area contributed by atoms with Gasteiger partial charge in [-0.3, -0.25) is 0 Å². The Morgan fingerprint density at radius 1 is 1.44 bits per heavy atom. The summed E-state index contributed by atoms with van der Waals surface area (Å²) in [5.74, 6) is 0.752. The van der Waals surface area contributed by atoms with Crippen LogP contribution in [0.25, 0.3) is 6.08 Å². The molecule has 1 aliphatic heterocycles. The van der Waals surface area contributed by atoms with Crippen LogP contribution < -0.4 is 5.73 Å². The van der Waals surface area contributed by atoms with E-state index < -0.39 is 0 Å². The molecule has 0 amide bonds. The van der Waals surface area contributed by atoms with Crippen molar-refractivity contribution < 1.29 is 4.74 Å². The average Bonchev–Trinajstić information content (AvgIpc) is 2.74. The SMILES string of the molecule is CC1COC(c2ccc(/C=C/CN)cc2)=N1. The lowest BCUT2D eigenvalue weighted by atomic mass is 10.1. The van der Waals surface area contributed by atoms with Crippen molar-refractivity contribution in [2.75, 3.05) is 13.2 Å². The molecule has 1 aromatic carbocycles. The number of hydrogen-bond donors (Lipinski definition) is 1. The fraction of sp³-hybridized carbons (Fsp3) is 0.308. The van der Waals surface area contributed by atoms with Crippen LogP contribution in [0, 0.1) is 0 Å². The molecular formula is C13H16N2O. The second-order valence-corrected chi connectivity index (χ2v) is 3.85. The molecule has 1 aliphatic rings. The summed E-state index contributed by atoms with van der Waals surface area (Å²) in [6, 6.07) is 8.39. The standard InChI is InChI=1S/C13H16N2O/c1-10-9-16-13(15-10)12-6-4-11(5-7-12)3-2-8-14/h2-7,10H,8-9,14H2,1H3/b3-2+. The number of rotatable bonds is 3. The summed E-state index contributed by atoms with van der Waals surface area (Å²) in [6.07, 6.45) is 3.93. The molecule has 0 aliphatic carbocycles. The maximum absolute atomic E-state index is 5.48. The Bertz CT molecular complexity index is 406. The Kier molecular flexibility index (Phi) is 3.37. The first-order valence-corrected chi connectivity index (χ1v) is 5.47. The normalized spacial score (nSPS) is 19.9. The summed E-state index contributed by atoms with van der Waals surface area (Å²) in [5, 5.41) is 0. The van der Waals surface area contributed by atoms with E-state index in [-0.39, 0.29) is 6.04 Å². The predicted molar refractivity (Wildman–Crippen MR) is 66.5 cm³/mol. The van der Waals surface area contributed by atoms with Gasteiger partial charge in [-0.1, -0.05) is 24.3 Å². The Labute approximate surface area is 95.6 Å². The Morgan fingerprint density at radius 3 is 2.75 bits per heavy atom. The number of nitrogens with zero attached hydrogens (tertiary/aromatic N) is 1. The second-order valence-electron chi connectivity index (χ2n) is 3.85. The van der Waals surface area contributed by atoms with Gasteiger partial charge in [0.25, 0.3) is 0 Å². The van der Waals surface area contributed by atoms with Gasteiger partial charge >= 0.3 is 0 Å².